The highest BCUT2D eigenvalue weighted by Crippen LogP contribution is 2.35. The van der Waals surface area contributed by atoms with Crippen molar-refractivity contribution in [1.29, 1.82) is 0 Å². The van der Waals surface area contributed by atoms with Crippen molar-refractivity contribution < 1.29 is 9.53 Å². The molecular formula is C12H11BrO2. The zero-order valence-corrected chi connectivity index (χ0v) is 10.2. The van der Waals surface area contributed by atoms with Crippen molar-refractivity contribution in [3.05, 3.63) is 39.4 Å². The van der Waals surface area contributed by atoms with Crippen LogP contribution in [0.3, 0.4) is 0 Å². The topological polar surface area (TPSA) is 26.3 Å². The van der Waals surface area contributed by atoms with Crippen LogP contribution in [-0.4, -0.2) is 5.97 Å². The van der Waals surface area contributed by atoms with Crippen LogP contribution in [0.25, 0.3) is 5.76 Å². The summed E-state index contributed by atoms with van der Waals surface area (Å²) in [6.45, 7) is 3.42. The number of hydrogen-bond acceptors (Lipinski definition) is 2. The molecule has 0 atom stereocenters. The second-order valence-corrected chi connectivity index (χ2v) is 4.60. The van der Waals surface area contributed by atoms with Gasteiger partial charge in [-0.1, -0.05) is 22.0 Å². The Morgan fingerprint density at radius 3 is 2.87 bits per heavy atom. The molecule has 0 saturated heterocycles. The van der Waals surface area contributed by atoms with Crippen molar-refractivity contribution in [1.82, 2.24) is 0 Å². The first-order valence-corrected chi connectivity index (χ1v) is 5.54. The number of halogens is 1. The summed E-state index contributed by atoms with van der Waals surface area (Å²) < 4.78 is 6.23. The Hall–Kier alpha value is -1.09. The highest BCUT2D eigenvalue weighted by Gasteiger charge is 2.21. The molecule has 1 aliphatic carbocycles. The molecule has 3 heteroatoms. The molecule has 78 valence electrons. The number of hydrogen-bond donors (Lipinski definition) is 0. The lowest BCUT2D eigenvalue weighted by molar-refractivity contribution is -0.134. The standard InChI is InChI=1S/C12H11BrO2/c1-7-5-9-3-4-10(13)6-11(9)12(7)15-8(2)14/h3-4,6H,5H2,1-2H3. The van der Waals surface area contributed by atoms with Crippen molar-refractivity contribution >= 4 is 27.7 Å². The molecule has 0 saturated carbocycles. The minimum atomic E-state index is -0.267. The molecule has 0 radical (unpaired) electrons. The number of rotatable bonds is 1. The number of ether oxygens (including phenoxy) is 1. The molecule has 0 heterocycles. The summed E-state index contributed by atoms with van der Waals surface area (Å²) in [5, 5.41) is 0. The lowest BCUT2D eigenvalue weighted by Crippen LogP contribution is -1.98. The van der Waals surface area contributed by atoms with E-state index in [9.17, 15) is 4.79 Å². The maximum Gasteiger partial charge on any atom is 0.308 e. The Morgan fingerprint density at radius 2 is 2.20 bits per heavy atom. The van der Waals surface area contributed by atoms with Crippen LogP contribution in [0.15, 0.2) is 28.2 Å². The van der Waals surface area contributed by atoms with Gasteiger partial charge in [-0.2, -0.15) is 0 Å². The number of benzene rings is 1. The monoisotopic (exact) mass is 266 g/mol. The van der Waals surface area contributed by atoms with Crippen molar-refractivity contribution in [2.24, 2.45) is 0 Å². The van der Waals surface area contributed by atoms with Gasteiger partial charge in [-0.3, -0.25) is 4.79 Å². The predicted octanol–water partition coefficient (Wildman–Crippen LogP) is 3.30. The quantitative estimate of drug-likeness (QED) is 0.730. The largest absolute Gasteiger partial charge is 0.426 e. The lowest BCUT2D eigenvalue weighted by atomic mass is 10.1. The Labute approximate surface area is 97.1 Å². The Balaban J connectivity index is 2.45. The fourth-order valence-electron chi connectivity index (χ4n) is 1.80. The molecule has 15 heavy (non-hydrogen) atoms. The summed E-state index contributed by atoms with van der Waals surface area (Å²) in [6.07, 6.45) is 0.866. The van der Waals surface area contributed by atoms with Gasteiger partial charge in [0, 0.05) is 17.0 Å². The van der Waals surface area contributed by atoms with Gasteiger partial charge in [0.2, 0.25) is 0 Å². The van der Waals surface area contributed by atoms with Gasteiger partial charge in [-0.25, -0.2) is 0 Å². The summed E-state index contributed by atoms with van der Waals surface area (Å²) in [5.41, 5.74) is 3.35. The van der Waals surface area contributed by atoms with E-state index in [0.29, 0.717) is 0 Å². The van der Waals surface area contributed by atoms with Gasteiger partial charge in [0.05, 0.1) is 0 Å². The van der Waals surface area contributed by atoms with Gasteiger partial charge in [-0.05, 0) is 36.6 Å². The third-order valence-corrected chi connectivity index (χ3v) is 2.90. The SMILES string of the molecule is CC(=O)OC1=C(C)Cc2ccc(Br)cc21. The van der Waals surface area contributed by atoms with Crippen molar-refractivity contribution in [3.8, 4) is 0 Å². The van der Waals surface area contributed by atoms with Crippen LogP contribution in [0, 0.1) is 0 Å². The van der Waals surface area contributed by atoms with E-state index in [-0.39, 0.29) is 5.97 Å². The Bertz CT molecular complexity index is 461. The predicted molar refractivity (Wildman–Crippen MR) is 62.2 cm³/mol. The molecule has 0 unspecified atom stereocenters. The van der Waals surface area contributed by atoms with Gasteiger partial charge < -0.3 is 4.74 Å². The van der Waals surface area contributed by atoms with Crippen LogP contribution in [0.4, 0.5) is 0 Å². The average Bonchev–Trinajstić information content (AvgIpc) is 2.43. The van der Waals surface area contributed by atoms with Crippen LogP contribution in [0.2, 0.25) is 0 Å². The maximum atomic E-state index is 11.0. The zero-order chi connectivity index (χ0) is 11.0. The number of esters is 1. The van der Waals surface area contributed by atoms with Crippen molar-refractivity contribution in [2.75, 3.05) is 0 Å². The van der Waals surface area contributed by atoms with E-state index in [1.54, 1.807) is 0 Å². The number of allylic oxidation sites excluding steroid dienone is 1. The molecule has 2 nitrogen and oxygen atoms in total. The highest BCUT2D eigenvalue weighted by atomic mass is 79.9. The smallest absolute Gasteiger partial charge is 0.308 e. The summed E-state index contributed by atoms with van der Waals surface area (Å²) >= 11 is 3.42. The Morgan fingerprint density at radius 1 is 1.47 bits per heavy atom. The summed E-state index contributed by atoms with van der Waals surface area (Å²) in [4.78, 5) is 11.0. The Kier molecular flexibility index (Phi) is 2.65. The van der Waals surface area contributed by atoms with Crippen molar-refractivity contribution in [2.45, 2.75) is 20.3 Å². The minimum absolute atomic E-state index is 0.267. The molecule has 1 aromatic rings. The third kappa shape index (κ3) is 1.97. The van der Waals surface area contributed by atoms with Gasteiger partial charge >= 0.3 is 5.97 Å². The maximum absolute atomic E-state index is 11.0. The van der Waals surface area contributed by atoms with E-state index in [1.165, 1.54) is 12.5 Å². The van der Waals surface area contributed by atoms with E-state index < -0.39 is 0 Å². The fourth-order valence-corrected chi connectivity index (χ4v) is 2.16. The molecule has 0 N–H and O–H groups in total. The van der Waals surface area contributed by atoms with E-state index in [2.05, 4.69) is 22.0 Å². The number of fused-ring (bicyclic) bond motifs is 1. The van der Waals surface area contributed by atoms with E-state index in [0.717, 1.165) is 27.8 Å². The normalized spacial score (nSPS) is 14.1. The summed E-state index contributed by atoms with van der Waals surface area (Å²) in [7, 11) is 0. The molecule has 0 bridgehead atoms. The molecule has 0 aliphatic heterocycles. The van der Waals surface area contributed by atoms with Gasteiger partial charge in [0.1, 0.15) is 5.76 Å². The summed E-state index contributed by atoms with van der Waals surface area (Å²) in [6, 6.07) is 6.05. The highest BCUT2D eigenvalue weighted by molar-refractivity contribution is 9.10. The minimum Gasteiger partial charge on any atom is -0.426 e. The van der Waals surface area contributed by atoms with Crippen LogP contribution in [0.5, 0.6) is 0 Å². The van der Waals surface area contributed by atoms with Crippen LogP contribution < -0.4 is 0 Å². The van der Waals surface area contributed by atoms with Crippen LogP contribution in [0.1, 0.15) is 25.0 Å². The van der Waals surface area contributed by atoms with Gasteiger partial charge in [0.15, 0.2) is 0 Å². The van der Waals surface area contributed by atoms with Crippen LogP contribution in [-0.2, 0) is 16.0 Å². The molecule has 1 aromatic carbocycles. The van der Waals surface area contributed by atoms with Gasteiger partial charge in [0.25, 0.3) is 0 Å². The summed E-state index contributed by atoms with van der Waals surface area (Å²) in [5.74, 6) is 0.455. The number of carbonyl (C=O) groups excluding carboxylic acids is 1. The molecule has 0 fully saturated rings. The molecule has 1 aliphatic rings. The first kappa shape index (κ1) is 10.4. The first-order chi connectivity index (χ1) is 7.08. The second-order valence-electron chi connectivity index (χ2n) is 3.68. The van der Waals surface area contributed by atoms with Gasteiger partial charge in [-0.15, -0.1) is 0 Å². The molecule has 0 aromatic heterocycles. The van der Waals surface area contributed by atoms with E-state index >= 15 is 0 Å². The molecule has 0 spiro atoms. The van der Waals surface area contributed by atoms with Crippen LogP contribution >= 0.6 is 15.9 Å². The zero-order valence-electron chi connectivity index (χ0n) is 8.63. The fraction of sp³-hybridized carbons (Fsp3) is 0.250. The molecule has 0 amide bonds. The molecule has 2 rings (SSSR count). The third-order valence-electron chi connectivity index (χ3n) is 2.41. The van der Waals surface area contributed by atoms with E-state index in [4.69, 9.17) is 4.74 Å². The second kappa shape index (κ2) is 3.81. The average molecular weight is 267 g/mol. The van der Waals surface area contributed by atoms with E-state index in [1.807, 2.05) is 19.1 Å². The number of carbonyl (C=O) groups is 1. The first-order valence-electron chi connectivity index (χ1n) is 4.75. The van der Waals surface area contributed by atoms with Crippen molar-refractivity contribution in [3.63, 3.8) is 0 Å². The molecular weight excluding hydrogens is 256 g/mol. The lowest BCUT2D eigenvalue weighted by Gasteiger charge is -2.06.